The largest absolute Gasteiger partial charge is 0.493 e. The summed E-state index contributed by atoms with van der Waals surface area (Å²) < 4.78 is 10.7. The number of fused-ring (bicyclic) bond motifs is 1. The average molecular weight is 179 g/mol. The van der Waals surface area contributed by atoms with Crippen LogP contribution in [0, 0.1) is 0 Å². The Hall–Kier alpha value is -1.22. The van der Waals surface area contributed by atoms with E-state index in [4.69, 9.17) is 15.2 Å². The van der Waals surface area contributed by atoms with E-state index in [0.717, 1.165) is 30.9 Å². The number of hydrogen-bond acceptors (Lipinski definition) is 3. The molecule has 0 aromatic heterocycles. The third kappa shape index (κ3) is 1.75. The number of nitrogens with two attached hydrogens (primary N) is 1. The van der Waals surface area contributed by atoms with Crippen molar-refractivity contribution in [3.05, 3.63) is 23.8 Å². The maximum absolute atomic E-state index is 5.49. The molecular formula is C10H13NO2. The van der Waals surface area contributed by atoms with Gasteiger partial charge in [0.05, 0.1) is 6.61 Å². The summed E-state index contributed by atoms with van der Waals surface area (Å²) in [5, 5.41) is 0. The van der Waals surface area contributed by atoms with E-state index in [1.807, 2.05) is 18.2 Å². The van der Waals surface area contributed by atoms with Gasteiger partial charge in [0.1, 0.15) is 18.2 Å². The zero-order valence-corrected chi connectivity index (χ0v) is 7.45. The molecule has 13 heavy (non-hydrogen) atoms. The topological polar surface area (TPSA) is 44.5 Å². The second-order valence-electron chi connectivity index (χ2n) is 3.03. The van der Waals surface area contributed by atoms with Crippen LogP contribution in [0.4, 0.5) is 0 Å². The molecule has 0 bridgehead atoms. The van der Waals surface area contributed by atoms with E-state index in [1.165, 1.54) is 5.56 Å². The molecule has 3 nitrogen and oxygen atoms in total. The predicted octanol–water partition coefficient (Wildman–Crippen LogP) is 1.31. The van der Waals surface area contributed by atoms with E-state index in [-0.39, 0.29) is 6.73 Å². The van der Waals surface area contributed by atoms with Crippen LogP contribution < -0.4 is 15.2 Å². The molecule has 0 atom stereocenters. The smallest absolute Gasteiger partial charge is 0.137 e. The summed E-state index contributed by atoms with van der Waals surface area (Å²) in [6.45, 7) is 1.01. The van der Waals surface area contributed by atoms with Crippen LogP contribution in [0.3, 0.4) is 0 Å². The molecule has 1 aromatic carbocycles. The summed E-state index contributed by atoms with van der Waals surface area (Å²) in [6.07, 6.45) is 2.20. The molecule has 3 heteroatoms. The van der Waals surface area contributed by atoms with Crippen molar-refractivity contribution in [3.8, 4) is 11.5 Å². The third-order valence-corrected chi connectivity index (χ3v) is 2.14. The molecule has 1 aliphatic heterocycles. The van der Waals surface area contributed by atoms with Gasteiger partial charge < -0.3 is 9.47 Å². The van der Waals surface area contributed by atoms with Crippen molar-refractivity contribution in [3.63, 3.8) is 0 Å². The summed E-state index contributed by atoms with van der Waals surface area (Å²) >= 11 is 0. The molecule has 0 fully saturated rings. The minimum absolute atomic E-state index is 0.207. The SMILES string of the molecule is NCOc1ccc2c(c1)OCCC2. The first kappa shape index (κ1) is 8.38. The molecule has 1 aromatic rings. The Morgan fingerprint density at radius 2 is 2.38 bits per heavy atom. The van der Waals surface area contributed by atoms with Gasteiger partial charge in [-0.3, -0.25) is 5.73 Å². The summed E-state index contributed by atoms with van der Waals surface area (Å²) in [4.78, 5) is 0. The Labute approximate surface area is 77.5 Å². The maximum Gasteiger partial charge on any atom is 0.137 e. The van der Waals surface area contributed by atoms with Crippen LogP contribution in [0.25, 0.3) is 0 Å². The van der Waals surface area contributed by atoms with Gasteiger partial charge in [-0.15, -0.1) is 0 Å². The standard InChI is InChI=1S/C10H13NO2/c11-7-13-9-4-3-8-2-1-5-12-10(8)6-9/h3-4,6H,1-2,5,7,11H2. The van der Waals surface area contributed by atoms with Gasteiger partial charge in [-0.2, -0.15) is 0 Å². The molecule has 0 saturated heterocycles. The third-order valence-electron chi connectivity index (χ3n) is 2.14. The lowest BCUT2D eigenvalue weighted by molar-refractivity contribution is 0.282. The van der Waals surface area contributed by atoms with Gasteiger partial charge in [-0.1, -0.05) is 6.07 Å². The first-order valence-corrected chi connectivity index (χ1v) is 4.49. The molecule has 1 aliphatic rings. The second kappa shape index (κ2) is 3.66. The van der Waals surface area contributed by atoms with Crippen molar-refractivity contribution in [1.82, 2.24) is 0 Å². The van der Waals surface area contributed by atoms with Crippen LogP contribution in [-0.2, 0) is 6.42 Å². The number of benzene rings is 1. The predicted molar refractivity (Wildman–Crippen MR) is 49.9 cm³/mol. The fourth-order valence-electron chi connectivity index (χ4n) is 1.51. The Balaban J connectivity index is 2.24. The fourth-order valence-corrected chi connectivity index (χ4v) is 1.51. The zero-order chi connectivity index (χ0) is 9.10. The summed E-state index contributed by atoms with van der Waals surface area (Å²) in [5.41, 5.74) is 6.53. The van der Waals surface area contributed by atoms with Crippen LogP contribution in [0.5, 0.6) is 11.5 Å². The van der Waals surface area contributed by atoms with Crippen molar-refractivity contribution in [2.75, 3.05) is 13.3 Å². The second-order valence-corrected chi connectivity index (χ2v) is 3.03. The van der Waals surface area contributed by atoms with E-state index in [2.05, 4.69) is 0 Å². The first-order chi connectivity index (χ1) is 6.40. The van der Waals surface area contributed by atoms with Crippen LogP contribution in [0.15, 0.2) is 18.2 Å². The fraction of sp³-hybridized carbons (Fsp3) is 0.400. The molecule has 1 heterocycles. The van der Waals surface area contributed by atoms with Crippen molar-refractivity contribution in [2.24, 2.45) is 5.73 Å². The Bertz CT molecular complexity index is 299. The van der Waals surface area contributed by atoms with Gasteiger partial charge in [-0.05, 0) is 24.5 Å². The van der Waals surface area contributed by atoms with E-state index >= 15 is 0 Å². The van der Waals surface area contributed by atoms with Crippen LogP contribution in [0.1, 0.15) is 12.0 Å². The van der Waals surface area contributed by atoms with Crippen LogP contribution >= 0.6 is 0 Å². The molecule has 0 amide bonds. The highest BCUT2D eigenvalue weighted by Crippen LogP contribution is 2.28. The van der Waals surface area contributed by atoms with Gasteiger partial charge >= 0.3 is 0 Å². The van der Waals surface area contributed by atoms with Gasteiger partial charge in [0.15, 0.2) is 0 Å². The molecule has 2 N–H and O–H groups in total. The Kier molecular flexibility index (Phi) is 2.36. The maximum atomic E-state index is 5.49. The average Bonchev–Trinajstić information content (AvgIpc) is 2.18. The Morgan fingerprint density at radius 1 is 1.46 bits per heavy atom. The summed E-state index contributed by atoms with van der Waals surface area (Å²) in [7, 11) is 0. The van der Waals surface area contributed by atoms with Gasteiger partial charge in [0.25, 0.3) is 0 Å². The van der Waals surface area contributed by atoms with E-state index in [9.17, 15) is 0 Å². The molecule has 0 saturated carbocycles. The van der Waals surface area contributed by atoms with Crippen molar-refractivity contribution in [2.45, 2.75) is 12.8 Å². The molecule has 70 valence electrons. The molecule has 0 aliphatic carbocycles. The summed E-state index contributed by atoms with van der Waals surface area (Å²) in [5.74, 6) is 1.72. The number of hydrogen-bond donors (Lipinski definition) is 1. The number of rotatable bonds is 2. The minimum atomic E-state index is 0.207. The number of aryl methyl sites for hydroxylation is 1. The van der Waals surface area contributed by atoms with Crippen molar-refractivity contribution < 1.29 is 9.47 Å². The van der Waals surface area contributed by atoms with Gasteiger partial charge in [-0.25, -0.2) is 0 Å². The van der Waals surface area contributed by atoms with E-state index < -0.39 is 0 Å². The molecular weight excluding hydrogens is 166 g/mol. The van der Waals surface area contributed by atoms with Crippen molar-refractivity contribution in [1.29, 1.82) is 0 Å². The van der Waals surface area contributed by atoms with E-state index in [0.29, 0.717) is 0 Å². The highest BCUT2D eigenvalue weighted by atomic mass is 16.5. The van der Waals surface area contributed by atoms with E-state index in [1.54, 1.807) is 0 Å². The molecule has 0 unspecified atom stereocenters. The van der Waals surface area contributed by atoms with Crippen LogP contribution in [0.2, 0.25) is 0 Å². The lowest BCUT2D eigenvalue weighted by Crippen LogP contribution is -2.10. The van der Waals surface area contributed by atoms with Gasteiger partial charge in [0, 0.05) is 6.07 Å². The molecule has 0 radical (unpaired) electrons. The quantitative estimate of drug-likeness (QED) is 0.696. The highest BCUT2D eigenvalue weighted by Gasteiger charge is 2.10. The lowest BCUT2D eigenvalue weighted by atomic mass is 10.1. The number of ether oxygens (including phenoxy) is 2. The van der Waals surface area contributed by atoms with Crippen LogP contribution in [-0.4, -0.2) is 13.3 Å². The molecule has 0 spiro atoms. The zero-order valence-electron chi connectivity index (χ0n) is 7.45. The summed E-state index contributed by atoms with van der Waals surface area (Å²) in [6, 6.07) is 5.88. The lowest BCUT2D eigenvalue weighted by Gasteiger charge is -2.17. The Morgan fingerprint density at radius 3 is 3.23 bits per heavy atom. The van der Waals surface area contributed by atoms with Gasteiger partial charge in [0.2, 0.25) is 0 Å². The molecule has 2 rings (SSSR count). The highest BCUT2D eigenvalue weighted by molar-refractivity contribution is 5.41. The normalized spacial score (nSPS) is 14.5. The van der Waals surface area contributed by atoms with Crippen molar-refractivity contribution >= 4 is 0 Å². The monoisotopic (exact) mass is 179 g/mol. The first-order valence-electron chi connectivity index (χ1n) is 4.49. The minimum Gasteiger partial charge on any atom is -0.493 e.